The molecule has 0 saturated carbocycles. The van der Waals surface area contributed by atoms with Crippen LogP contribution >= 0.6 is 23.7 Å². The first-order valence-electron chi connectivity index (χ1n) is 5.78. The number of halogens is 1. The summed E-state index contributed by atoms with van der Waals surface area (Å²) in [6.45, 7) is 5.22. The van der Waals surface area contributed by atoms with Crippen molar-refractivity contribution in [2.75, 3.05) is 7.05 Å². The number of hydrogen-bond donors (Lipinski definition) is 1. The maximum atomic E-state index is 5.91. The molecule has 0 amide bonds. The lowest BCUT2D eigenvalue weighted by atomic mass is 10.1. The second-order valence-corrected chi connectivity index (χ2v) is 6.02. The van der Waals surface area contributed by atoms with Gasteiger partial charge in [0, 0.05) is 11.4 Å². The molecule has 0 bridgehead atoms. The monoisotopic (exact) mass is 302 g/mol. The van der Waals surface area contributed by atoms with E-state index in [0.29, 0.717) is 18.3 Å². The molecule has 2 N–H and O–H groups in total. The van der Waals surface area contributed by atoms with Crippen LogP contribution in [0.5, 0.6) is 0 Å². The quantitative estimate of drug-likeness (QED) is 0.918. The van der Waals surface area contributed by atoms with Crippen LogP contribution in [0.3, 0.4) is 0 Å². The Labute approximate surface area is 123 Å². The summed E-state index contributed by atoms with van der Waals surface area (Å²) in [7, 11) is 2.02. The van der Waals surface area contributed by atoms with Crippen molar-refractivity contribution in [2.24, 2.45) is 5.73 Å². The zero-order valence-corrected chi connectivity index (χ0v) is 12.9. The van der Waals surface area contributed by atoms with Crippen LogP contribution in [0.25, 0.3) is 0 Å². The molecule has 0 aliphatic carbocycles. The smallest absolute Gasteiger partial charge is 0.240 e. The Bertz CT molecular complexity index is 492. The summed E-state index contributed by atoms with van der Waals surface area (Å²) in [4.78, 5) is 7.76. The third-order valence-electron chi connectivity index (χ3n) is 2.46. The molecule has 0 radical (unpaired) electrons. The van der Waals surface area contributed by atoms with Gasteiger partial charge in [0.15, 0.2) is 5.82 Å². The van der Waals surface area contributed by atoms with Crippen molar-refractivity contribution < 1.29 is 4.52 Å². The van der Waals surface area contributed by atoms with E-state index in [1.54, 1.807) is 11.3 Å². The fourth-order valence-electron chi connectivity index (χ4n) is 1.54. The largest absolute Gasteiger partial charge is 0.338 e. The van der Waals surface area contributed by atoms with Crippen molar-refractivity contribution in [1.29, 1.82) is 0 Å². The molecule has 0 atom stereocenters. The lowest BCUT2D eigenvalue weighted by Crippen LogP contribution is -2.30. The molecular formula is C12H19ClN4OS. The van der Waals surface area contributed by atoms with Gasteiger partial charge in [-0.05, 0) is 32.3 Å². The van der Waals surface area contributed by atoms with Gasteiger partial charge in [-0.25, -0.2) is 0 Å². The Morgan fingerprint density at radius 1 is 1.42 bits per heavy atom. The van der Waals surface area contributed by atoms with E-state index in [2.05, 4.69) is 32.6 Å². The van der Waals surface area contributed by atoms with Crippen molar-refractivity contribution in [2.45, 2.75) is 32.5 Å². The minimum Gasteiger partial charge on any atom is -0.338 e. The molecule has 0 unspecified atom stereocenters. The maximum Gasteiger partial charge on any atom is 0.240 e. The Hall–Kier alpha value is -0.950. The summed E-state index contributed by atoms with van der Waals surface area (Å²) in [6.07, 6.45) is 0. The van der Waals surface area contributed by atoms with Crippen LogP contribution < -0.4 is 5.73 Å². The third-order valence-corrected chi connectivity index (χ3v) is 3.32. The number of rotatable bonds is 5. The number of nitrogens with two attached hydrogens (primary N) is 1. The summed E-state index contributed by atoms with van der Waals surface area (Å²) in [5.41, 5.74) is 5.35. The van der Waals surface area contributed by atoms with E-state index < -0.39 is 5.54 Å². The minimum absolute atomic E-state index is 0. The van der Waals surface area contributed by atoms with E-state index >= 15 is 0 Å². The Morgan fingerprint density at radius 3 is 2.68 bits per heavy atom. The van der Waals surface area contributed by atoms with Crippen LogP contribution in [0.2, 0.25) is 0 Å². The molecule has 0 aliphatic heterocycles. The van der Waals surface area contributed by atoms with Gasteiger partial charge < -0.3 is 10.3 Å². The number of thiophene rings is 1. The van der Waals surface area contributed by atoms with Crippen molar-refractivity contribution in [3.05, 3.63) is 34.1 Å². The molecule has 5 nitrogen and oxygen atoms in total. The minimum atomic E-state index is -0.561. The van der Waals surface area contributed by atoms with Gasteiger partial charge in [-0.15, -0.1) is 23.7 Å². The molecule has 0 fully saturated rings. The van der Waals surface area contributed by atoms with E-state index in [4.69, 9.17) is 10.3 Å². The molecule has 0 spiro atoms. The fourth-order valence-corrected chi connectivity index (χ4v) is 2.32. The molecule has 2 heterocycles. The lowest BCUT2D eigenvalue weighted by Gasteiger charge is -2.13. The van der Waals surface area contributed by atoms with Crippen molar-refractivity contribution in [1.82, 2.24) is 15.0 Å². The van der Waals surface area contributed by atoms with E-state index in [0.717, 1.165) is 6.54 Å². The van der Waals surface area contributed by atoms with Crippen molar-refractivity contribution in [3.63, 3.8) is 0 Å². The van der Waals surface area contributed by atoms with Crippen molar-refractivity contribution >= 4 is 23.7 Å². The van der Waals surface area contributed by atoms with E-state index in [9.17, 15) is 0 Å². The number of nitrogens with zero attached hydrogens (tertiary/aromatic N) is 3. The van der Waals surface area contributed by atoms with E-state index in [1.165, 1.54) is 4.88 Å². The van der Waals surface area contributed by atoms with Gasteiger partial charge in [0.2, 0.25) is 5.89 Å². The highest BCUT2D eigenvalue weighted by molar-refractivity contribution is 7.09. The second-order valence-electron chi connectivity index (χ2n) is 4.99. The standard InChI is InChI=1S/C12H18N4OS.ClH/c1-12(2,13)11-14-10(17-15-11)8-16(3)7-9-5-4-6-18-9;/h4-6H,7-8,13H2,1-3H3;1H. The average molecular weight is 303 g/mol. The maximum absolute atomic E-state index is 5.91. The zero-order chi connectivity index (χ0) is 13.2. The molecule has 2 aromatic rings. The van der Waals surface area contributed by atoms with Gasteiger partial charge in [-0.1, -0.05) is 11.2 Å². The van der Waals surface area contributed by atoms with Gasteiger partial charge in [-0.2, -0.15) is 4.98 Å². The van der Waals surface area contributed by atoms with Gasteiger partial charge in [-0.3, -0.25) is 4.90 Å². The first-order chi connectivity index (χ1) is 8.45. The first-order valence-corrected chi connectivity index (χ1v) is 6.66. The second kappa shape index (κ2) is 6.47. The molecule has 0 aliphatic rings. The first kappa shape index (κ1) is 16.1. The van der Waals surface area contributed by atoms with E-state index in [1.807, 2.05) is 20.9 Å². The van der Waals surface area contributed by atoms with Crippen LogP contribution in [0.4, 0.5) is 0 Å². The molecule has 2 rings (SSSR count). The molecule has 7 heteroatoms. The van der Waals surface area contributed by atoms with Crippen LogP contribution in [0.15, 0.2) is 22.0 Å². The third kappa shape index (κ3) is 4.58. The Kier molecular flexibility index (Phi) is 5.49. The highest BCUT2D eigenvalue weighted by Crippen LogP contribution is 2.15. The Morgan fingerprint density at radius 2 is 2.16 bits per heavy atom. The van der Waals surface area contributed by atoms with E-state index in [-0.39, 0.29) is 12.4 Å². The van der Waals surface area contributed by atoms with Gasteiger partial charge in [0.1, 0.15) is 0 Å². The van der Waals surface area contributed by atoms with Gasteiger partial charge >= 0.3 is 0 Å². The highest BCUT2D eigenvalue weighted by atomic mass is 35.5. The lowest BCUT2D eigenvalue weighted by molar-refractivity contribution is 0.261. The highest BCUT2D eigenvalue weighted by Gasteiger charge is 2.21. The topological polar surface area (TPSA) is 68.2 Å². The molecule has 0 saturated heterocycles. The predicted octanol–water partition coefficient (Wildman–Crippen LogP) is 2.38. The summed E-state index contributed by atoms with van der Waals surface area (Å²) >= 11 is 1.74. The SMILES string of the molecule is CN(Cc1nc(C(C)(C)N)no1)Cc1cccs1.Cl. The van der Waals surface area contributed by atoms with Crippen LogP contribution in [-0.4, -0.2) is 22.1 Å². The van der Waals surface area contributed by atoms with Crippen molar-refractivity contribution in [3.8, 4) is 0 Å². The van der Waals surface area contributed by atoms with Gasteiger partial charge in [0.05, 0.1) is 12.1 Å². The molecule has 19 heavy (non-hydrogen) atoms. The predicted molar refractivity (Wildman–Crippen MR) is 78.2 cm³/mol. The summed E-state index contributed by atoms with van der Waals surface area (Å²) < 4.78 is 5.20. The molecule has 2 aromatic heterocycles. The zero-order valence-electron chi connectivity index (χ0n) is 11.3. The number of aromatic nitrogens is 2. The number of hydrogen-bond acceptors (Lipinski definition) is 6. The van der Waals surface area contributed by atoms with Crippen LogP contribution in [-0.2, 0) is 18.6 Å². The summed E-state index contributed by atoms with van der Waals surface area (Å²) in [6, 6.07) is 4.17. The normalized spacial score (nSPS) is 11.6. The van der Waals surface area contributed by atoms with Crippen LogP contribution in [0.1, 0.15) is 30.4 Å². The summed E-state index contributed by atoms with van der Waals surface area (Å²) in [5.74, 6) is 1.14. The molecule has 106 valence electrons. The Balaban J connectivity index is 0.00000180. The van der Waals surface area contributed by atoms with Crippen LogP contribution in [0, 0.1) is 0 Å². The van der Waals surface area contributed by atoms with Gasteiger partial charge in [0.25, 0.3) is 0 Å². The average Bonchev–Trinajstić information content (AvgIpc) is 2.87. The molecular weight excluding hydrogens is 284 g/mol. The fraction of sp³-hybridized carbons (Fsp3) is 0.500. The summed E-state index contributed by atoms with van der Waals surface area (Å²) in [5, 5.41) is 5.98. The molecule has 0 aromatic carbocycles.